The second kappa shape index (κ2) is 8.48. The van der Waals surface area contributed by atoms with Gasteiger partial charge in [-0.05, 0) is 0 Å². The molecule has 6 unspecified atom stereocenters. The zero-order chi connectivity index (χ0) is 24.9. The number of hydrogen-bond acceptors (Lipinski definition) is 11. The summed E-state index contributed by atoms with van der Waals surface area (Å²) in [7, 11) is -6.62. The number of halogens is 4. The van der Waals surface area contributed by atoms with E-state index in [4.69, 9.17) is 18.9 Å². The van der Waals surface area contributed by atoms with Crippen molar-refractivity contribution in [1.29, 1.82) is 0 Å². The smallest absolute Gasteiger partial charge is 0.396 e. The molecule has 0 aromatic rings. The lowest BCUT2D eigenvalue weighted by Gasteiger charge is -2.28. The molecule has 0 radical (unpaired) electrons. The fourth-order valence-electron chi connectivity index (χ4n) is 3.73. The van der Waals surface area contributed by atoms with E-state index in [0.717, 1.165) is 6.92 Å². The fourth-order valence-corrected chi connectivity index (χ4v) is 4.19. The van der Waals surface area contributed by atoms with Gasteiger partial charge in [-0.25, -0.2) is 13.2 Å². The summed E-state index contributed by atoms with van der Waals surface area (Å²) in [6.45, 7) is 2.49. The van der Waals surface area contributed by atoms with Crippen LogP contribution in [0.15, 0.2) is 12.2 Å². The van der Waals surface area contributed by atoms with E-state index in [2.05, 4.69) is 11.3 Å². The van der Waals surface area contributed by atoms with Crippen LogP contribution in [-0.4, -0.2) is 85.8 Å². The summed E-state index contributed by atoms with van der Waals surface area (Å²) in [5, 5.41) is -5.85. The molecule has 0 aromatic carbocycles. The van der Waals surface area contributed by atoms with Crippen LogP contribution in [0, 0.1) is 5.92 Å². The van der Waals surface area contributed by atoms with Crippen molar-refractivity contribution in [2.75, 3.05) is 13.2 Å². The summed E-state index contributed by atoms with van der Waals surface area (Å²) in [6, 6.07) is 0. The van der Waals surface area contributed by atoms with Crippen LogP contribution in [0.5, 0.6) is 0 Å². The van der Waals surface area contributed by atoms with E-state index >= 15 is 0 Å². The molecule has 11 nitrogen and oxygen atoms in total. The van der Waals surface area contributed by atoms with Gasteiger partial charge in [-0.2, -0.15) is 17.6 Å². The third-order valence-corrected chi connectivity index (χ3v) is 6.18. The lowest BCUT2D eigenvalue weighted by molar-refractivity contribution is -0.171. The minimum atomic E-state index is -6.62. The Hall–Kier alpha value is -2.30. The SMILES string of the molecule is C=C(COCCC(F)(F)C(F)(F)S(=O)(=O)[O-])C(=O)OC1C2OC3C1OC(=O)C3C2OC(C)=O. The van der Waals surface area contributed by atoms with E-state index in [0.29, 0.717) is 0 Å². The number of fused-ring (bicyclic) bond motifs is 1. The molecule has 3 saturated heterocycles. The molecular weight excluding hydrogens is 488 g/mol. The van der Waals surface area contributed by atoms with Crippen LogP contribution in [0.25, 0.3) is 0 Å². The predicted molar refractivity (Wildman–Crippen MR) is 91.6 cm³/mol. The first-order valence-electron chi connectivity index (χ1n) is 9.29. The highest BCUT2D eigenvalue weighted by atomic mass is 32.2. The molecule has 33 heavy (non-hydrogen) atoms. The molecule has 0 aliphatic carbocycles. The summed E-state index contributed by atoms with van der Waals surface area (Å²) in [5.74, 6) is -8.62. The molecular formula is C17H17F4O11S-. The van der Waals surface area contributed by atoms with Crippen LogP contribution in [0.2, 0.25) is 0 Å². The van der Waals surface area contributed by atoms with Gasteiger partial charge in [0, 0.05) is 13.3 Å². The summed E-state index contributed by atoms with van der Waals surface area (Å²) < 4.78 is 109. The summed E-state index contributed by atoms with van der Waals surface area (Å²) in [4.78, 5) is 35.6. The van der Waals surface area contributed by atoms with Crippen LogP contribution < -0.4 is 0 Å². The highest BCUT2D eigenvalue weighted by Gasteiger charge is 2.71. The molecule has 0 spiro atoms. The first kappa shape index (κ1) is 25.3. The van der Waals surface area contributed by atoms with E-state index in [-0.39, 0.29) is 0 Å². The van der Waals surface area contributed by atoms with Gasteiger partial charge in [0.2, 0.25) is 0 Å². The second-order valence-corrected chi connectivity index (χ2v) is 8.94. The number of carbonyl (C=O) groups is 3. The Kier molecular flexibility index (Phi) is 6.51. The van der Waals surface area contributed by atoms with Gasteiger partial charge in [0.05, 0.1) is 18.8 Å². The number of hydrogen-bond donors (Lipinski definition) is 0. The zero-order valence-corrected chi connectivity index (χ0v) is 17.5. The summed E-state index contributed by atoms with van der Waals surface area (Å²) >= 11 is 0. The molecule has 16 heteroatoms. The normalized spacial score (nSPS) is 30.8. The molecule has 3 aliphatic heterocycles. The topological polar surface area (TPSA) is 155 Å². The third-order valence-electron chi connectivity index (χ3n) is 5.25. The van der Waals surface area contributed by atoms with E-state index in [1.807, 2.05) is 0 Å². The molecule has 0 N–H and O–H groups in total. The molecule has 186 valence electrons. The Morgan fingerprint density at radius 3 is 2.33 bits per heavy atom. The highest BCUT2D eigenvalue weighted by molar-refractivity contribution is 7.86. The maximum Gasteiger partial charge on any atom is 0.396 e. The van der Waals surface area contributed by atoms with Crippen LogP contribution in [-0.2, 0) is 48.2 Å². The van der Waals surface area contributed by atoms with Gasteiger partial charge in [0.15, 0.2) is 22.3 Å². The van der Waals surface area contributed by atoms with E-state index in [1.165, 1.54) is 0 Å². The number of rotatable bonds is 10. The predicted octanol–water partition coefficient (Wildman–Crippen LogP) is -0.111. The molecule has 0 amide bonds. The zero-order valence-electron chi connectivity index (χ0n) is 16.7. The average molecular weight is 505 g/mol. The second-order valence-electron chi connectivity index (χ2n) is 7.52. The minimum Gasteiger partial charge on any atom is -0.743 e. The van der Waals surface area contributed by atoms with Gasteiger partial charge in [-0.3, -0.25) is 9.59 Å². The van der Waals surface area contributed by atoms with Gasteiger partial charge in [-0.15, -0.1) is 0 Å². The Labute approximate surface area is 183 Å². The quantitative estimate of drug-likeness (QED) is 0.0975. The van der Waals surface area contributed by atoms with Crippen LogP contribution in [0.4, 0.5) is 17.6 Å². The summed E-state index contributed by atoms with van der Waals surface area (Å²) in [6.07, 6.45) is -6.85. The molecule has 3 heterocycles. The van der Waals surface area contributed by atoms with Crippen LogP contribution in [0.1, 0.15) is 13.3 Å². The lowest BCUT2D eigenvalue weighted by Crippen LogP contribution is -2.49. The first-order chi connectivity index (χ1) is 15.1. The molecule has 3 rings (SSSR count). The minimum absolute atomic E-state index is 0.450. The van der Waals surface area contributed by atoms with Gasteiger partial charge in [-0.1, -0.05) is 6.58 Å². The standard InChI is InChI=1S/C17H18F4O11S/c1-6(5-28-4-3-16(18,19)17(20,21)33(25,26)27)14(23)31-13-11-9(29-7(2)22)8-10(30-11)12(13)32-15(8)24/h8-13H,1,3-5H2,2H3,(H,25,26,27)/p-1. The Balaban J connectivity index is 1.52. The van der Waals surface area contributed by atoms with Crippen molar-refractivity contribution in [1.82, 2.24) is 0 Å². The van der Waals surface area contributed by atoms with Gasteiger partial charge in [0.1, 0.15) is 24.2 Å². The Morgan fingerprint density at radius 2 is 1.76 bits per heavy atom. The molecule has 0 aromatic heterocycles. The van der Waals surface area contributed by atoms with E-state index in [9.17, 15) is 44.9 Å². The molecule has 2 bridgehead atoms. The third kappa shape index (κ3) is 4.43. The maximum absolute atomic E-state index is 13.4. The van der Waals surface area contributed by atoms with Crippen molar-refractivity contribution in [3.8, 4) is 0 Å². The van der Waals surface area contributed by atoms with Gasteiger partial charge >= 0.3 is 29.1 Å². The van der Waals surface area contributed by atoms with Gasteiger partial charge in [0.25, 0.3) is 0 Å². The summed E-state index contributed by atoms with van der Waals surface area (Å²) in [5.41, 5.74) is -0.450. The number of esters is 3. The van der Waals surface area contributed by atoms with Crippen LogP contribution >= 0.6 is 0 Å². The van der Waals surface area contributed by atoms with Crippen molar-refractivity contribution < 1.29 is 68.6 Å². The number of ether oxygens (including phenoxy) is 5. The molecule has 0 saturated carbocycles. The molecule has 3 fully saturated rings. The Morgan fingerprint density at radius 1 is 1.12 bits per heavy atom. The number of alkyl halides is 4. The van der Waals surface area contributed by atoms with Crippen LogP contribution in [0.3, 0.4) is 0 Å². The highest BCUT2D eigenvalue weighted by Crippen LogP contribution is 2.49. The monoisotopic (exact) mass is 505 g/mol. The maximum atomic E-state index is 13.4. The average Bonchev–Trinajstić information content (AvgIpc) is 3.28. The van der Waals surface area contributed by atoms with Crippen molar-refractivity contribution in [3.05, 3.63) is 12.2 Å². The van der Waals surface area contributed by atoms with Gasteiger partial charge < -0.3 is 28.2 Å². The fraction of sp³-hybridized carbons (Fsp3) is 0.706. The Bertz CT molecular complexity index is 966. The van der Waals surface area contributed by atoms with Crippen molar-refractivity contribution in [2.45, 2.75) is 55.0 Å². The van der Waals surface area contributed by atoms with E-state index < -0.39 is 101 Å². The molecule has 6 atom stereocenters. The van der Waals surface area contributed by atoms with Crippen molar-refractivity contribution in [3.63, 3.8) is 0 Å². The molecule has 3 aliphatic rings. The van der Waals surface area contributed by atoms with Crippen molar-refractivity contribution >= 4 is 28.0 Å². The van der Waals surface area contributed by atoms with E-state index in [1.54, 1.807) is 0 Å². The first-order valence-corrected chi connectivity index (χ1v) is 10.7. The van der Waals surface area contributed by atoms with Crippen molar-refractivity contribution in [2.24, 2.45) is 5.92 Å². The number of carbonyl (C=O) groups excluding carboxylic acids is 3. The lowest BCUT2D eigenvalue weighted by atomic mass is 9.85. The largest absolute Gasteiger partial charge is 0.743 e.